The van der Waals surface area contributed by atoms with Crippen LogP contribution < -0.4 is 18.3 Å². The summed E-state index contributed by atoms with van der Waals surface area (Å²) in [6, 6.07) is 14.3. The zero-order valence-corrected chi connectivity index (χ0v) is 13.7. The fourth-order valence-corrected chi connectivity index (χ4v) is 4.13. The zero-order valence-electron chi connectivity index (χ0n) is 11.8. The van der Waals surface area contributed by atoms with Gasteiger partial charge in [-0.15, -0.1) is 0 Å². The topological polar surface area (TPSA) is 44.2 Å². The van der Waals surface area contributed by atoms with Crippen LogP contribution in [0.25, 0.3) is 10.9 Å². The van der Waals surface area contributed by atoms with E-state index < -0.39 is 0 Å². The summed E-state index contributed by atoms with van der Waals surface area (Å²) in [6.45, 7) is 0. The zero-order chi connectivity index (χ0) is 14.7. The summed E-state index contributed by atoms with van der Waals surface area (Å²) in [6.07, 6.45) is 1.61. The van der Waals surface area contributed by atoms with Crippen molar-refractivity contribution in [3.8, 4) is 11.5 Å². The van der Waals surface area contributed by atoms with Crippen molar-refractivity contribution in [3.05, 3.63) is 48.8 Å². The average Bonchev–Trinajstić information content (AvgIpc) is 2.55. The van der Waals surface area contributed by atoms with Gasteiger partial charge in [0.15, 0.2) is 0 Å². The molecule has 1 radical (unpaired) electrons. The van der Waals surface area contributed by atoms with Gasteiger partial charge in [-0.1, -0.05) is 0 Å². The van der Waals surface area contributed by atoms with E-state index in [1.54, 1.807) is 20.5 Å². The molecule has 4 nitrogen and oxygen atoms in total. The predicted molar refractivity (Wildman–Crippen MR) is 84.1 cm³/mol. The van der Waals surface area contributed by atoms with Crippen LogP contribution in [-0.4, -0.2) is 39.9 Å². The molecule has 0 aliphatic heterocycles. The third kappa shape index (κ3) is 2.86. The molecular weight excluding hydrogens is 327 g/mol. The second-order valence-electron chi connectivity index (χ2n) is 4.37. The van der Waals surface area contributed by atoms with Gasteiger partial charge in [0.05, 0.1) is 0 Å². The van der Waals surface area contributed by atoms with E-state index in [0.717, 1.165) is 15.4 Å². The van der Waals surface area contributed by atoms with E-state index in [2.05, 4.69) is 34.2 Å². The molecule has 0 N–H and O–H groups in total. The first-order chi connectivity index (χ1) is 10.3. The molecule has 1 aromatic heterocycles. The van der Waals surface area contributed by atoms with Crippen molar-refractivity contribution in [3.63, 3.8) is 0 Å². The predicted octanol–water partition coefficient (Wildman–Crippen LogP) is 1.30. The maximum atomic E-state index is 5.38. The number of aromatic nitrogens is 2. The summed E-state index contributed by atoms with van der Waals surface area (Å²) in [5.41, 5.74) is 0.879. The van der Waals surface area contributed by atoms with Crippen LogP contribution in [0.15, 0.2) is 48.8 Å². The van der Waals surface area contributed by atoms with E-state index in [4.69, 9.17) is 9.47 Å². The Morgan fingerprint density at radius 1 is 0.905 bits per heavy atom. The molecule has 0 saturated carbocycles. The molecule has 105 valence electrons. The number of methoxy groups -OCH3 is 2. The summed E-state index contributed by atoms with van der Waals surface area (Å²) < 4.78 is 13.1. The summed E-state index contributed by atoms with van der Waals surface area (Å²) in [7, 11) is 3.26. The van der Waals surface area contributed by atoms with Gasteiger partial charge in [0.2, 0.25) is 0 Å². The maximum absolute atomic E-state index is 5.38. The summed E-state index contributed by atoms with van der Waals surface area (Å²) >= 11 is -0.189. The Bertz CT molecular complexity index is 763. The molecule has 2 aromatic carbocycles. The van der Waals surface area contributed by atoms with Gasteiger partial charge < -0.3 is 0 Å². The molecule has 0 spiro atoms. The molecule has 1 heterocycles. The van der Waals surface area contributed by atoms with E-state index in [0.29, 0.717) is 11.5 Å². The molecular formula is C16H14AsN2O2. The fraction of sp³-hybridized carbons (Fsp3) is 0.125. The van der Waals surface area contributed by atoms with Crippen molar-refractivity contribution < 1.29 is 9.47 Å². The Morgan fingerprint density at radius 2 is 1.62 bits per heavy atom. The van der Waals surface area contributed by atoms with Gasteiger partial charge >= 0.3 is 129 Å². The van der Waals surface area contributed by atoms with Gasteiger partial charge in [-0.3, -0.25) is 0 Å². The molecule has 0 aliphatic carbocycles. The van der Waals surface area contributed by atoms with Crippen LogP contribution >= 0.6 is 0 Å². The van der Waals surface area contributed by atoms with Crippen LogP contribution in [0.2, 0.25) is 0 Å². The quantitative estimate of drug-likeness (QED) is 0.671. The van der Waals surface area contributed by atoms with Gasteiger partial charge in [-0.05, 0) is 0 Å². The van der Waals surface area contributed by atoms with Gasteiger partial charge in [0.25, 0.3) is 0 Å². The van der Waals surface area contributed by atoms with Crippen molar-refractivity contribution in [2.75, 3.05) is 14.2 Å². The summed E-state index contributed by atoms with van der Waals surface area (Å²) in [4.78, 5) is 8.80. The monoisotopic (exact) mass is 341 g/mol. The van der Waals surface area contributed by atoms with Crippen molar-refractivity contribution in [1.82, 2.24) is 9.97 Å². The first-order valence-corrected chi connectivity index (χ1v) is 8.33. The van der Waals surface area contributed by atoms with Gasteiger partial charge in [0, 0.05) is 0 Å². The second-order valence-corrected chi connectivity index (χ2v) is 6.81. The number of hydrogen-bond donors (Lipinski definition) is 0. The van der Waals surface area contributed by atoms with E-state index in [9.17, 15) is 0 Å². The van der Waals surface area contributed by atoms with Crippen LogP contribution in [0.3, 0.4) is 0 Å². The molecule has 0 saturated heterocycles. The molecule has 5 heteroatoms. The molecule has 0 amide bonds. The van der Waals surface area contributed by atoms with Crippen LogP contribution in [0.1, 0.15) is 0 Å². The normalized spacial score (nSPS) is 11.1. The number of fused-ring (bicyclic) bond motifs is 1. The molecule has 0 unspecified atom stereocenters. The Morgan fingerprint density at radius 3 is 2.33 bits per heavy atom. The minimum absolute atomic E-state index is 0.189. The molecule has 0 bridgehead atoms. The van der Waals surface area contributed by atoms with Crippen LogP contribution in [0, 0.1) is 0 Å². The third-order valence-corrected chi connectivity index (χ3v) is 5.47. The number of nitrogens with zero attached hydrogens (tertiary/aromatic N) is 2. The third-order valence-electron chi connectivity index (χ3n) is 3.11. The second kappa shape index (κ2) is 6.15. The van der Waals surface area contributed by atoms with E-state index >= 15 is 0 Å². The Labute approximate surface area is 129 Å². The standard InChI is InChI=1S/C16H14AsN2O2/c1-20-14-8-12-13(9-15(14)21-2)18-10-19-16(12)17-11-6-4-3-5-7-11/h3-10H,1-2H3. The van der Waals surface area contributed by atoms with Crippen LogP contribution in [0.4, 0.5) is 0 Å². The van der Waals surface area contributed by atoms with Gasteiger partial charge in [0.1, 0.15) is 0 Å². The molecule has 21 heavy (non-hydrogen) atoms. The van der Waals surface area contributed by atoms with Crippen LogP contribution in [-0.2, 0) is 0 Å². The van der Waals surface area contributed by atoms with E-state index in [1.807, 2.05) is 18.2 Å². The van der Waals surface area contributed by atoms with E-state index in [1.165, 1.54) is 4.35 Å². The summed E-state index contributed by atoms with van der Waals surface area (Å²) in [5.74, 6) is 1.39. The average molecular weight is 341 g/mol. The van der Waals surface area contributed by atoms with Crippen molar-refractivity contribution in [1.29, 1.82) is 0 Å². The Kier molecular flexibility index (Phi) is 4.07. The fourth-order valence-electron chi connectivity index (χ4n) is 2.08. The van der Waals surface area contributed by atoms with Gasteiger partial charge in [-0.25, -0.2) is 0 Å². The van der Waals surface area contributed by atoms with Crippen molar-refractivity contribution in [2.45, 2.75) is 0 Å². The molecule has 0 atom stereocenters. The number of benzene rings is 2. The van der Waals surface area contributed by atoms with Crippen molar-refractivity contribution in [2.24, 2.45) is 0 Å². The molecule has 0 fully saturated rings. The first kappa shape index (κ1) is 13.9. The van der Waals surface area contributed by atoms with E-state index in [-0.39, 0.29) is 15.8 Å². The first-order valence-electron chi connectivity index (χ1n) is 6.45. The number of ether oxygens (including phenoxy) is 2. The number of hydrogen-bond acceptors (Lipinski definition) is 4. The van der Waals surface area contributed by atoms with Gasteiger partial charge in [-0.2, -0.15) is 0 Å². The minimum atomic E-state index is -0.189. The molecule has 3 rings (SSSR count). The number of rotatable bonds is 4. The van der Waals surface area contributed by atoms with Crippen molar-refractivity contribution >= 4 is 35.5 Å². The Balaban J connectivity index is 2.10. The molecule has 0 aliphatic rings. The van der Waals surface area contributed by atoms with Crippen LogP contribution in [0.5, 0.6) is 11.5 Å². The SMILES string of the molecule is COc1cc2ncnc([As]c3ccccc3)c2cc1OC. The Hall–Kier alpha value is -2.06. The summed E-state index contributed by atoms with van der Waals surface area (Å²) in [5, 5.41) is 1.03. The molecule has 3 aromatic rings.